The van der Waals surface area contributed by atoms with E-state index in [1.165, 1.54) is 0 Å². The van der Waals surface area contributed by atoms with Crippen LogP contribution in [-0.4, -0.2) is 65.8 Å². The van der Waals surface area contributed by atoms with Gasteiger partial charge < -0.3 is 19.6 Å². The molecule has 1 atom stereocenters. The summed E-state index contributed by atoms with van der Waals surface area (Å²) in [7, 11) is 0. The summed E-state index contributed by atoms with van der Waals surface area (Å²) in [4.78, 5) is 26.9. The zero-order valence-electron chi connectivity index (χ0n) is 13.0. The molecule has 6 heteroatoms. The smallest absolute Gasteiger partial charge is 0.320 e. The van der Waals surface area contributed by atoms with E-state index < -0.39 is 5.97 Å². The number of hydrogen-bond donors (Lipinski definition) is 1. The number of aliphatic carboxylic acids is 1. The van der Waals surface area contributed by atoms with Gasteiger partial charge in [-0.25, -0.2) is 4.79 Å². The number of piperidine rings is 1. The molecule has 6 nitrogen and oxygen atoms in total. The van der Waals surface area contributed by atoms with E-state index in [1.807, 2.05) is 4.90 Å². The predicted octanol–water partition coefficient (Wildman–Crippen LogP) is 1.65. The van der Waals surface area contributed by atoms with Gasteiger partial charge in [-0.3, -0.25) is 4.79 Å². The van der Waals surface area contributed by atoms with E-state index in [-0.39, 0.29) is 18.6 Å². The fourth-order valence-electron chi connectivity index (χ4n) is 3.17. The summed E-state index contributed by atoms with van der Waals surface area (Å²) < 4.78 is 5.41. The van der Waals surface area contributed by atoms with E-state index in [9.17, 15) is 9.59 Å². The van der Waals surface area contributed by atoms with Gasteiger partial charge >= 0.3 is 12.0 Å². The van der Waals surface area contributed by atoms with Crippen molar-refractivity contribution in [2.45, 2.75) is 39.2 Å². The molecule has 2 saturated heterocycles. The molecule has 1 N–H and O–H groups in total. The molecule has 2 heterocycles. The molecule has 2 fully saturated rings. The molecule has 0 radical (unpaired) electrons. The maximum absolute atomic E-state index is 12.5. The van der Waals surface area contributed by atoms with Crippen LogP contribution in [0.1, 0.15) is 33.1 Å². The number of carboxylic acid groups (broad SMARTS) is 1. The number of rotatable bonds is 3. The van der Waals surface area contributed by atoms with E-state index in [0.717, 1.165) is 25.9 Å². The van der Waals surface area contributed by atoms with E-state index in [2.05, 4.69) is 13.8 Å². The molecule has 2 aliphatic heterocycles. The van der Waals surface area contributed by atoms with Crippen LogP contribution in [0, 0.1) is 11.8 Å². The van der Waals surface area contributed by atoms with Crippen molar-refractivity contribution in [1.29, 1.82) is 0 Å². The first-order chi connectivity index (χ1) is 9.97. The highest BCUT2D eigenvalue weighted by atomic mass is 16.5. The molecule has 0 bridgehead atoms. The Labute approximate surface area is 126 Å². The number of hydrogen-bond acceptors (Lipinski definition) is 3. The highest BCUT2D eigenvalue weighted by Gasteiger charge is 2.31. The van der Waals surface area contributed by atoms with Gasteiger partial charge in [0.15, 0.2) is 0 Å². The average molecular weight is 298 g/mol. The molecule has 1 unspecified atom stereocenters. The third kappa shape index (κ3) is 4.33. The van der Waals surface area contributed by atoms with Crippen molar-refractivity contribution in [3.05, 3.63) is 0 Å². The van der Waals surface area contributed by atoms with Crippen LogP contribution in [0.5, 0.6) is 0 Å². The normalized spacial score (nSPS) is 24.4. The number of urea groups is 1. The maximum atomic E-state index is 12.5. The van der Waals surface area contributed by atoms with Gasteiger partial charge in [0, 0.05) is 26.2 Å². The third-order valence-corrected chi connectivity index (χ3v) is 4.56. The van der Waals surface area contributed by atoms with Gasteiger partial charge in [-0.15, -0.1) is 0 Å². The van der Waals surface area contributed by atoms with Gasteiger partial charge in [0.2, 0.25) is 0 Å². The van der Waals surface area contributed by atoms with Crippen molar-refractivity contribution in [3.8, 4) is 0 Å². The van der Waals surface area contributed by atoms with E-state index >= 15 is 0 Å². The second kappa shape index (κ2) is 7.11. The van der Waals surface area contributed by atoms with Crippen molar-refractivity contribution in [2.75, 3.05) is 32.8 Å². The number of nitrogens with zero attached hydrogens (tertiary/aromatic N) is 2. The second-order valence-corrected chi connectivity index (χ2v) is 6.39. The van der Waals surface area contributed by atoms with Crippen LogP contribution in [0.4, 0.5) is 4.79 Å². The summed E-state index contributed by atoms with van der Waals surface area (Å²) in [6, 6.07) is 0.0379. The molecular weight excluding hydrogens is 272 g/mol. The molecule has 120 valence electrons. The zero-order valence-corrected chi connectivity index (χ0v) is 13.0. The van der Waals surface area contributed by atoms with Crippen molar-refractivity contribution >= 4 is 12.0 Å². The van der Waals surface area contributed by atoms with Crippen molar-refractivity contribution < 1.29 is 19.4 Å². The zero-order chi connectivity index (χ0) is 15.4. The largest absolute Gasteiger partial charge is 0.481 e. The van der Waals surface area contributed by atoms with E-state index in [1.54, 1.807) is 4.90 Å². The molecule has 0 aromatic carbocycles. The van der Waals surface area contributed by atoms with Gasteiger partial charge in [-0.1, -0.05) is 13.8 Å². The molecule has 2 aliphatic rings. The van der Waals surface area contributed by atoms with Crippen LogP contribution in [0.15, 0.2) is 0 Å². The van der Waals surface area contributed by atoms with Crippen molar-refractivity contribution in [2.24, 2.45) is 11.8 Å². The summed E-state index contributed by atoms with van der Waals surface area (Å²) in [5.74, 6) is 0.496. The number of amides is 2. The van der Waals surface area contributed by atoms with Crippen LogP contribution in [-0.2, 0) is 9.53 Å². The van der Waals surface area contributed by atoms with Crippen molar-refractivity contribution in [3.63, 3.8) is 0 Å². The molecule has 0 spiro atoms. The molecule has 2 amide bonds. The number of carbonyl (C=O) groups is 2. The average Bonchev–Trinajstić information content (AvgIpc) is 2.46. The van der Waals surface area contributed by atoms with Gasteiger partial charge in [-0.2, -0.15) is 0 Å². The lowest BCUT2D eigenvalue weighted by atomic mass is 9.87. The quantitative estimate of drug-likeness (QED) is 0.860. The van der Waals surface area contributed by atoms with Crippen molar-refractivity contribution in [1.82, 2.24) is 9.80 Å². The van der Waals surface area contributed by atoms with Crippen LogP contribution in [0.3, 0.4) is 0 Å². The molecule has 0 aromatic heterocycles. The SMILES string of the molecule is CC(C)C1CCN(C(=O)N2CCOC(CC(=O)O)C2)CC1. The first-order valence-corrected chi connectivity index (χ1v) is 7.84. The minimum atomic E-state index is -0.882. The minimum Gasteiger partial charge on any atom is -0.481 e. The molecule has 0 aromatic rings. The number of morpholine rings is 1. The Morgan fingerprint density at radius 1 is 1.19 bits per heavy atom. The standard InChI is InChI=1S/C15H26N2O4/c1-11(2)12-3-5-16(6-4-12)15(20)17-7-8-21-13(10-17)9-14(18)19/h11-13H,3-10H2,1-2H3,(H,18,19). The summed E-state index contributed by atoms with van der Waals surface area (Å²) in [5.41, 5.74) is 0. The Hall–Kier alpha value is -1.30. The van der Waals surface area contributed by atoms with Gasteiger partial charge in [0.25, 0.3) is 0 Å². The van der Waals surface area contributed by atoms with Crippen LogP contribution < -0.4 is 0 Å². The van der Waals surface area contributed by atoms with Crippen LogP contribution in [0.2, 0.25) is 0 Å². The third-order valence-electron chi connectivity index (χ3n) is 4.56. The molecule has 21 heavy (non-hydrogen) atoms. The van der Waals surface area contributed by atoms with E-state index in [4.69, 9.17) is 9.84 Å². The molecule has 0 aliphatic carbocycles. The highest BCUT2D eigenvalue weighted by Crippen LogP contribution is 2.25. The molecule has 2 rings (SSSR count). The summed E-state index contributed by atoms with van der Waals surface area (Å²) in [6.45, 7) is 7.45. The lowest BCUT2D eigenvalue weighted by Gasteiger charge is -2.39. The highest BCUT2D eigenvalue weighted by molar-refractivity contribution is 5.75. The number of carbonyl (C=O) groups excluding carboxylic acids is 1. The minimum absolute atomic E-state index is 0.0379. The second-order valence-electron chi connectivity index (χ2n) is 6.39. The Morgan fingerprint density at radius 3 is 2.43 bits per heavy atom. The van der Waals surface area contributed by atoms with Crippen LogP contribution in [0.25, 0.3) is 0 Å². The van der Waals surface area contributed by atoms with Gasteiger partial charge in [0.05, 0.1) is 19.1 Å². The first-order valence-electron chi connectivity index (χ1n) is 7.84. The summed E-state index contributed by atoms with van der Waals surface area (Å²) >= 11 is 0. The Kier molecular flexibility index (Phi) is 5.45. The van der Waals surface area contributed by atoms with Gasteiger partial charge in [0.1, 0.15) is 0 Å². The van der Waals surface area contributed by atoms with Crippen LogP contribution >= 0.6 is 0 Å². The predicted molar refractivity (Wildman–Crippen MR) is 78.1 cm³/mol. The Morgan fingerprint density at radius 2 is 1.86 bits per heavy atom. The lowest BCUT2D eigenvalue weighted by molar-refractivity contribution is -0.141. The first kappa shape index (κ1) is 16.1. The monoisotopic (exact) mass is 298 g/mol. The van der Waals surface area contributed by atoms with Gasteiger partial charge in [-0.05, 0) is 24.7 Å². The fourth-order valence-corrected chi connectivity index (χ4v) is 3.17. The number of carboxylic acids is 1. The Balaban J connectivity index is 1.84. The topological polar surface area (TPSA) is 70.1 Å². The fraction of sp³-hybridized carbons (Fsp3) is 0.867. The number of ether oxygens (including phenoxy) is 1. The molecule has 0 saturated carbocycles. The van der Waals surface area contributed by atoms with E-state index in [0.29, 0.717) is 31.5 Å². The Bertz CT molecular complexity index is 378. The maximum Gasteiger partial charge on any atom is 0.320 e. The summed E-state index contributed by atoms with van der Waals surface area (Å²) in [6.07, 6.45) is 1.70. The molecular formula is C15H26N2O4. The lowest BCUT2D eigenvalue weighted by Crippen LogP contribution is -2.53. The number of likely N-dealkylation sites (tertiary alicyclic amines) is 1. The summed E-state index contributed by atoms with van der Waals surface area (Å²) in [5, 5.41) is 8.83.